The molecule has 1 amide bonds. The van der Waals surface area contributed by atoms with E-state index < -0.39 is 32.8 Å². The maximum absolute atomic E-state index is 12.2. The number of benzene rings is 2. The van der Waals surface area contributed by atoms with Gasteiger partial charge >= 0.3 is 0 Å². The minimum absolute atomic E-state index is 0.0613. The summed E-state index contributed by atoms with van der Waals surface area (Å²) in [6, 6.07) is 14.5. The Balaban J connectivity index is 1.73. The van der Waals surface area contributed by atoms with Crippen molar-refractivity contribution in [2.75, 3.05) is 0 Å². The van der Waals surface area contributed by atoms with Crippen molar-refractivity contribution >= 4 is 15.9 Å². The lowest BCUT2D eigenvalue weighted by Gasteiger charge is -2.07. The third kappa shape index (κ3) is 3.28. The number of hydrogen-bond acceptors (Lipinski definition) is 5. The third-order valence-electron chi connectivity index (χ3n) is 3.87. The minimum Gasteiger partial charge on any atom is -0.273 e. The van der Waals surface area contributed by atoms with Gasteiger partial charge in [0.15, 0.2) is 0 Å². The molecule has 0 bridgehead atoms. The van der Waals surface area contributed by atoms with Crippen molar-refractivity contribution in [3.63, 3.8) is 0 Å². The van der Waals surface area contributed by atoms with E-state index in [0.29, 0.717) is 0 Å². The molecule has 0 saturated heterocycles. The summed E-state index contributed by atoms with van der Waals surface area (Å²) in [5, 5.41) is 10.6. The van der Waals surface area contributed by atoms with Crippen LogP contribution in [0.15, 0.2) is 59.5 Å². The van der Waals surface area contributed by atoms with Crippen molar-refractivity contribution in [3.8, 4) is 11.1 Å². The smallest absolute Gasteiger partial charge is 0.264 e. The highest BCUT2D eigenvalue weighted by Gasteiger charge is 2.54. The van der Waals surface area contributed by atoms with E-state index >= 15 is 0 Å². The van der Waals surface area contributed by atoms with Crippen molar-refractivity contribution in [1.82, 2.24) is 4.72 Å². The van der Waals surface area contributed by atoms with Crippen LogP contribution >= 0.6 is 0 Å². The Hall–Kier alpha value is -2.74. The second-order valence-corrected chi connectivity index (χ2v) is 7.24. The van der Waals surface area contributed by atoms with E-state index in [1.165, 1.54) is 12.1 Å². The maximum Gasteiger partial charge on any atom is 0.264 e. The van der Waals surface area contributed by atoms with Crippen LogP contribution in [-0.2, 0) is 14.8 Å². The summed E-state index contributed by atoms with van der Waals surface area (Å²) >= 11 is 0. The summed E-state index contributed by atoms with van der Waals surface area (Å²) in [6.45, 7) is 0. The molecule has 2 aromatic rings. The molecule has 1 fully saturated rings. The van der Waals surface area contributed by atoms with Crippen LogP contribution < -0.4 is 4.72 Å². The van der Waals surface area contributed by atoms with E-state index in [-0.39, 0.29) is 11.3 Å². The second kappa shape index (κ2) is 6.04. The van der Waals surface area contributed by atoms with Crippen molar-refractivity contribution in [2.24, 2.45) is 5.92 Å². The van der Waals surface area contributed by atoms with E-state index in [0.717, 1.165) is 11.1 Å². The molecule has 0 radical (unpaired) electrons. The van der Waals surface area contributed by atoms with Gasteiger partial charge in [0.25, 0.3) is 10.0 Å². The predicted octanol–water partition coefficient (Wildman–Crippen LogP) is 1.82. The predicted molar refractivity (Wildman–Crippen MR) is 86.1 cm³/mol. The maximum atomic E-state index is 12.2. The molecular formula is C16H14N2O5S. The first-order valence-electron chi connectivity index (χ1n) is 7.24. The standard InChI is InChI=1S/C16H14N2O5S/c19-16(14-10-15(14)18(20)21)17-24(22,23)13-8-6-12(7-9-13)11-4-2-1-3-5-11/h1-9,14-15H,10H2,(H,17,19)/t14-,15+/m0/s1. The van der Waals surface area contributed by atoms with Gasteiger partial charge in [0, 0.05) is 11.3 Å². The van der Waals surface area contributed by atoms with E-state index in [1.807, 2.05) is 35.1 Å². The Morgan fingerprint density at radius 2 is 1.62 bits per heavy atom. The molecule has 0 unspecified atom stereocenters. The Kier molecular flexibility index (Phi) is 4.06. The van der Waals surface area contributed by atoms with Crippen molar-refractivity contribution < 1.29 is 18.1 Å². The third-order valence-corrected chi connectivity index (χ3v) is 5.23. The largest absolute Gasteiger partial charge is 0.273 e. The molecule has 8 heteroatoms. The first-order valence-corrected chi connectivity index (χ1v) is 8.72. The Morgan fingerprint density at radius 3 is 2.17 bits per heavy atom. The summed E-state index contributed by atoms with van der Waals surface area (Å²) in [6.07, 6.45) is 0.0707. The molecule has 2 aromatic carbocycles. The molecule has 1 N–H and O–H groups in total. The van der Waals surface area contributed by atoms with Gasteiger partial charge in [-0.2, -0.15) is 0 Å². The molecule has 1 aliphatic rings. The number of rotatable bonds is 5. The number of nitro groups is 1. The summed E-state index contributed by atoms with van der Waals surface area (Å²) in [5.41, 5.74) is 1.79. The molecule has 3 rings (SSSR count). The molecule has 1 aliphatic carbocycles. The van der Waals surface area contributed by atoms with Gasteiger partial charge in [-0.15, -0.1) is 0 Å². The average molecular weight is 346 g/mol. The second-order valence-electron chi connectivity index (χ2n) is 5.56. The molecule has 0 aliphatic heterocycles. The highest BCUT2D eigenvalue weighted by atomic mass is 32.2. The highest BCUT2D eigenvalue weighted by Crippen LogP contribution is 2.33. The van der Waals surface area contributed by atoms with E-state index in [1.54, 1.807) is 12.1 Å². The minimum atomic E-state index is -4.03. The molecule has 7 nitrogen and oxygen atoms in total. The van der Waals surface area contributed by atoms with Crippen LogP contribution in [0, 0.1) is 16.0 Å². The molecule has 0 spiro atoms. The topological polar surface area (TPSA) is 106 Å². The summed E-state index contributed by atoms with van der Waals surface area (Å²) < 4.78 is 26.3. The van der Waals surface area contributed by atoms with E-state index in [2.05, 4.69) is 0 Å². The zero-order valence-corrected chi connectivity index (χ0v) is 13.3. The van der Waals surface area contributed by atoms with Crippen molar-refractivity contribution in [3.05, 3.63) is 64.7 Å². The van der Waals surface area contributed by atoms with Gasteiger partial charge in [-0.3, -0.25) is 14.9 Å². The fourth-order valence-electron chi connectivity index (χ4n) is 2.42. The van der Waals surface area contributed by atoms with Crippen molar-refractivity contribution in [2.45, 2.75) is 17.4 Å². The van der Waals surface area contributed by atoms with Crippen LogP contribution in [0.2, 0.25) is 0 Å². The number of amides is 1. The van der Waals surface area contributed by atoms with Gasteiger partial charge in [0.1, 0.15) is 5.92 Å². The molecule has 0 heterocycles. The average Bonchev–Trinajstić information content (AvgIpc) is 3.36. The lowest BCUT2D eigenvalue weighted by atomic mass is 10.1. The van der Waals surface area contributed by atoms with Gasteiger partial charge in [-0.1, -0.05) is 42.5 Å². The monoisotopic (exact) mass is 346 g/mol. The SMILES string of the molecule is O=C(NS(=O)(=O)c1ccc(-c2ccccc2)cc1)[C@H]1C[C@H]1[N+](=O)[O-]. The normalized spacial score (nSPS) is 19.5. The Labute approximate surface area is 138 Å². The van der Waals surface area contributed by atoms with Crippen LogP contribution in [-0.4, -0.2) is 25.3 Å². The first-order chi connectivity index (χ1) is 11.4. The van der Waals surface area contributed by atoms with Crippen LogP contribution in [0.3, 0.4) is 0 Å². The fourth-order valence-corrected chi connectivity index (χ4v) is 3.45. The van der Waals surface area contributed by atoms with E-state index in [4.69, 9.17) is 0 Å². The van der Waals surface area contributed by atoms with Crippen LogP contribution in [0.4, 0.5) is 0 Å². The molecule has 0 aromatic heterocycles. The van der Waals surface area contributed by atoms with Gasteiger partial charge in [0.05, 0.1) is 4.90 Å². The number of nitrogens with one attached hydrogen (secondary N) is 1. The quantitative estimate of drug-likeness (QED) is 0.656. The molecule has 24 heavy (non-hydrogen) atoms. The molecule has 1 saturated carbocycles. The number of nitrogens with zero attached hydrogens (tertiary/aromatic N) is 1. The van der Waals surface area contributed by atoms with Crippen molar-refractivity contribution in [1.29, 1.82) is 0 Å². The zero-order valence-electron chi connectivity index (χ0n) is 12.5. The highest BCUT2D eigenvalue weighted by molar-refractivity contribution is 7.90. The summed E-state index contributed by atoms with van der Waals surface area (Å²) in [7, 11) is -4.03. The summed E-state index contributed by atoms with van der Waals surface area (Å²) in [5.74, 6) is -1.71. The zero-order chi connectivity index (χ0) is 17.3. The van der Waals surface area contributed by atoms with Gasteiger partial charge in [-0.05, 0) is 23.3 Å². The number of sulfonamides is 1. The van der Waals surface area contributed by atoms with Gasteiger partial charge in [-0.25, -0.2) is 13.1 Å². The number of carbonyl (C=O) groups excluding carboxylic acids is 1. The van der Waals surface area contributed by atoms with Crippen LogP contribution in [0.25, 0.3) is 11.1 Å². The number of carbonyl (C=O) groups is 1. The van der Waals surface area contributed by atoms with Crippen LogP contribution in [0.1, 0.15) is 6.42 Å². The first kappa shape index (κ1) is 16.1. The Morgan fingerprint density at radius 1 is 1.04 bits per heavy atom. The van der Waals surface area contributed by atoms with Crippen LogP contribution in [0.5, 0.6) is 0 Å². The lowest BCUT2D eigenvalue weighted by molar-refractivity contribution is -0.497. The molecule has 2 atom stereocenters. The van der Waals surface area contributed by atoms with Gasteiger partial charge in [0.2, 0.25) is 11.9 Å². The lowest BCUT2D eigenvalue weighted by Crippen LogP contribution is -2.33. The Bertz CT molecular complexity index is 878. The molecule has 124 valence electrons. The summed E-state index contributed by atoms with van der Waals surface area (Å²) in [4.78, 5) is 21.7. The fraction of sp³-hybridized carbons (Fsp3) is 0.188. The number of hydrogen-bond donors (Lipinski definition) is 1. The van der Waals surface area contributed by atoms with E-state index in [9.17, 15) is 23.3 Å². The van der Waals surface area contributed by atoms with Gasteiger partial charge < -0.3 is 0 Å². The molecular weight excluding hydrogens is 332 g/mol.